The van der Waals surface area contributed by atoms with Crippen LogP contribution in [0.5, 0.6) is 0 Å². The number of nitrogens with one attached hydrogen (secondary N) is 2. The predicted octanol–water partition coefficient (Wildman–Crippen LogP) is 4.81. The van der Waals surface area contributed by atoms with Crippen LogP contribution in [0.3, 0.4) is 0 Å². The highest BCUT2D eigenvalue weighted by atomic mass is 127. The van der Waals surface area contributed by atoms with E-state index in [0.29, 0.717) is 6.42 Å². The Morgan fingerprint density at radius 1 is 1.03 bits per heavy atom. The third kappa shape index (κ3) is 6.88. The Kier molecular flexibility index (Phi) is 9.28. The molecular formula is C25H33IN4OS. The number of thioether (sulfide) groups is 1. The smallest absolute Gasteiger partial charge is 0.223 e. The van der Waals surface area contributed by atoms with E-state index >= 15 is 0 Å². The number of aliphatic imine (C=N–C) groups is 1. The molecular weight excluding hydrogens is 531 g/mol. The number of hydrogen-bond acceptors (Lipinski definition) is 3. The lowest BCUT2D eigenvalue weighted by atomic mass is 10.1. The van der Waals surface area contributed by atoms with Crippen molar-refractivity contribution in [1.82, 2.24) is 15.5 Å². The summed E-state index contributed by atoms with van der Waals surface area (Å²) in [6, 6.07) is 18.9. The molecule has 0 spiro atoms. The molecule has 0 saturated heterocycles. The number of nitrogens with zero attached hydrogens (tertiary/aromatic N) is 2. The average molecular weight is 565 g/mol. The molecule has 2 aliphatic rings. The van der Waals surface area contributed by atoms with Crippen molar-refractivity contribution in [3.63, 3.8) is 0 Å². The first-order valence-corrected chi connectivity index (χ1v) is 12.1. The number of halogens is 1. The van der Waals surface area contributed by atoms with Gasteiger partial charge in [0.1, 0.15) is 0 Å². The zero-order chi connectivity index (χ0) is 21.5. The van der Waals surface area contributed by atoms with E-state index in [2.05, 4.69) is 60.0 Å². The molecule has 1 heterocycles. The van der Waals surface area contributed by atoms with Crippen LogP contribution < -0.4 is 10.6 Å². The maximum absolute atomic E-state index is 12.6. The minimum Gasteiger partial charge on any atom is -0.357 e. The molecule has 0 unspecified atom stereocenters. The third-order valence-electron chi connectivity index (χ3n) is 5.81. The molecule has 1 saturated carbocycles. The van der Waals surface area contributed by atoms with Crippen molar-refractivity contribution in [2.24, 2.45) is 4.99 Å². The molecule has 0 bridgehead atoms. The van der Waals surface area contributed by atoms with Crippen LogP contribution in [0.15, 0.2) is 64.5 Å². The fraction of sp³-hybridized carbons (Fsp3) is 0.440. The molecule has 4 rings (SSSR count). The van der Waals surface area contributed by atoms with E-state index in [0.717, 1.165) is 45.1 Å². The molecule has 32 heavy (non-hydrogen) atoms. The van der Waals surface area contributed by atoms with Gasteiger partial charge in [-0.15, -0.1) is 35.7 Å². The molecule has 1 fully saturated rings. The summed E-state index contributed by atoms with van der Waals surface area (Å²) in [6.07, 6.45) is 3.79. The SMILES string of the molecule is CCNC(=NCC1(Sc2ccccc2)CC1)NCCCC(=O)N1Cc2ccccc2C1.I. The molecule has 2 aromatic rings. The molecule has 0 aromatic heterocycles. The molecule has 1 aliphatic heterocycles. The average Bonchev–Trinajstić information content (AvgIpc) is 3.41. The van der Waals surface area contributed by atoms with Crippen LogP contribution in [0.4, 0.5) is 0 Å². The van der Waals surface area contributed by atoms with E-state index in [9.17, 15) is 4.79 Å². The first-order chi connectivity index (χ1) is 15.2. The highest BCUT2D eigenvalue weighted by Crippen LogP contribution is 2.51. The summed E-state index contributed by atoms with van der Waals surface area (Å²) in [4.78, 5) is 20.7. The third-order valence-corrected chi connectivity index (χ3v) is 7.29. The van der Waals surface area contributed by atoms with Gasteiger partial charge in [-0.1, -0.05) is 42.5 Å². The van der Waals surface area contributed by atoms with Crippen LogP contribution in [-0.2, 0) is 17.9 Å². The summed E-state index contributed by atoms with van der Waals surface area (Å²) in [5.74, 6) is 1.08. The molecule has 1 aliphatic carbocycles. The monoisotopic (exact) mass is 564 g/mol. The predicted molar refractivity (Wildman–Crippen MR) is 144 cm³/mol. The standard InChI is InChI=1S/C25H32N4OS.HI/c1-2-26-24(28-19-25(14-15-25)31-22-11-4-3-5-12-22)27-16-8-13-23(30)29-17-20-9-6-7-10-21(20)18-29;/h3-7,9-12H,2,8,13-19H2,1H3,(H2,26,27,28);1H. The van der Waals surface area contributed by atoms with Crippen molar-refractivity contribution >= 4 is 47.6 Å². The maximum atomic E-state index is 12.6. The van der Waals surface area contributed by atoms with Crippen LogP contribution in [0.25, 0.3) is 0 Å². The fourth-order valence-electron chi connectivity index (χ4n) is 3.85. The lowest BCUT2D eigenvalue weighted by Crippen LogP contribution is -2.38. The van der Waals surface area contributed by atoms with Gasteiger partial charge < -0.3 is 15.5 Å². The van der Waals surface area contributed by atoms with Gasteiger partial charge in [-0.25, -0.2) is 0 Å². The molecule has 2 aromatic carbocycles. The number of rotatable bonds is 9. The van der Waals surface area contributed by atoms with Crippen molar-refractivity contribution in [1.29, 1.82) is 0 Å². The molecule has 172 valence electrons. The summed E-state index contributed by atoms with van der Waals surface area (Å²) in [5, 5.41) is 6.74. The Balaban J connectivity index is 0.00000289. The first kappa shape index (κ1) is 24.9. The number of amides is 1. The van der Waals surface area contributed by atoms with Gasteiger partial charge in [0.2, 0.25) is 5.91 Å². The number of benzene rings is 2. The van der Waals surface area contributed by atoms with Crippen LogP contribution in [0.1, 0.15) is 43.7 Å². The molecule has 5 nitrogen and oxygen atoms in total. The Hall–Kier alpha value is -1.74. The van der Waals surface area contributed by atoms with Crippen molar-refractivity contribution < 1.29 is 4.79 Å². The van der Waals surface area contributed by atoms with E-state index in [1.807, 2.05) is 28.8 Å². The Morgan fingerprint density at radius 2 is 1.69 bits per heavy atom. The topological polar surface area (TPSA) is 56.7 Å². The second-order valence-electron chi connectivity index (χ2n) is 8.34. The molecule has 0 atom stereocenters. The van der Waals surface area contributed by atoms with Crippen molar-refractivity contribution in [3.05, 3.63) is 65.7 Å². The van der Waals surface area contributed by atoms with Gasteiger partial charge in [-0.3, -0.25) is 9.79 Å². The van der Waals surface area contributed by atoms with Gasteiger partial charge in [-0.2, -0.15) is 0 Å². The van der Waals surface area contributed by atoms with E-state index in [-0.39, 0.29) is 34.6 Å². The zero-order valence-corrected chi connectivity index (χ0v) is 21.8. The van der Waals surface area contributed by atoms with Gasteiger partial charge in [0, 0.05) is 42.2 Å². The number of fused-ring (bicyclic) bond motifs is 1. The fourth-order valence-corrected chi connectivity index (χ4v) is 5.08. The van der Waals surface area contributed by atoms with E-state index in [1.54, 1.807) is 0 Å². The van der Waals surface area contributed by atoms with Crippen molar-refractivity contribution in [2.75, 3.05) is 19.6 Å². The van der Waals surface area contributed by atoms with E-state index < -0.39 is 0 Å². The van der Waals surface area contributed by atoms with Gasteiger partial charge in [-0.05, 0) is 49.4 Å². The Morgan fingerprint density at radius 3 is 2.31 bits per heavy atom. The van der Waals surface area contributed by atoms with Gasteiger partial charge in [0.25, 0.3) is 0 Å². The van der Waals surface area contributed by atoms with Gasteiger partial charge >= 0.3 is 0 Å². The van der Waals surface area contributed by atoms with E-state index in [1.165, 1.54) is 28.9 Å². The number of hydrogen-bond donors (Lipinski definition) is 2. The summed E-state index contributed by atoms with van der Waals surface area (Å²) < 4.78 is 0.241. The van der Waals surface area contributed by atoms with Crippen LogP contribution in [0.2, 0.25) is 0 Å². The highest BCUT2D eigenvalue weighted by molar-refractivity contribution is 14.0. The molecule has 7 heteroatoms. The summed E-state index contributed by atoms with van der Waals surface area (Å²) >= 11 is 1.95. The second kappa shape index (κ2) is 11.9. The van der Waals surface area contributed by atoms with Crippen molar-refractivity contribution in [2.45, 2.75) is 55.3 Å². The summed E-state index contributed by atoms with van der Waals surface area (Å²) in [6.45, 7) is 5.96. The minimum absolute atomic E-state index is 0. The highest BCUT2D eigenvalue weighted by Gasteiger charge is 2.43. The second-order valence-corrected chi connectivity index (χ2v) is 9.88. The van der Waals surface area contributed by atoms with Crippen LogP contribution >= 0.6 is 35.7 Å². The molecule has 2 N–H and O–H groups in total. The summed E-state index contributed by atoms with van der Waals surface area (Å²) in [7, 11) is 0. The van der Waals surface area contributed by atoms with Crippen LogP contribution in [0, 0.1) is 0 Å². The Bertz CT molecular complexity index is 892. The van der Waals surface area contributed by atoms with Gasteiger partial charge in [0.15, 0.2) is 5.96 Å². The normalized spacial score (nSPS) is 16.2. The number of carbonyl (C=O) groups excluding carboxylic acids is 1. The lowest BCUT2D eigenvalue weighted by Gasteiger charge is -2.17. The molecule has 0 radical (unpaired) electrons. The van der Waals surface area contributed by atoms with Crippen LogP contribution in [-0.4, -0.2) is 41.1 Å². The zero-order valence-electron chi connectivity index (χ0n) is 18.7. The quantitative estimate of drug-likeness (QED) is 0.199. The largest absolute Gasteiger partial charge is 0.357 e. The number of carbonyl (C=O) groups is 1. The maximum Gasteiger partial charge on any atom is 0.223 e. The van der Waals surface area contributed by atoms with Gasteiger partial charge in [0.05, 0.1) is 6.54 Å². The minimum atomic E-state index is 0. The lowest BCUT2D eigenvalue weighted by molar-refractivity contribution is -0.131. The van der Waals surface area contributed by atoms with E-state index in [4.69, 9.17) is 4.99 Å². The Labute approximate surface area is 212 Å². The number of guanidine groups is 1. The molecule has 1 amide bonds. The first-order valence-electron chi connectivity index (χ1n) is 11.3. The summed E-state index contributed by atoms with van der Waals surface area (Å²) in [5.41, 5.74) is 2.55. The van der Waals surface area contributed by atoms with Crippen molar-refractivity contribution in [3.8, 4) is 0 Å².